The molecule has 0 saturated heterocycles. The van der Waals surface area contributed by atoms with Crippen LogP contribution in [0.1, 0.15) is 22.3 Å². The van der Waals surface area contributed by atoms with E-state index in [2.05, 4.69) is 261 Å². The minimum atomic E-state index is -0.540. The molecule has 0 aliphatic heterocycles. The Kier molecular flexibility index (Phi) is 9.77. The van der Waals surface area contributed by atoms with Crippen LogP contribution in [0.3, 0.4) is 0 Å². The second kappa shape index (κ2) is 16.7. The average molecular weight is 877 g/mol. The Morgan fingerprint density at radius 2 is 0.754 bits per heavy atom. The lowest BCUT2D eigenvalue weighted by atomic mass is 9.66. The molecule has 2 heteroatoms. The lowest BCUT2D eigenvalue weighted by molar-refractivity contribution is 0.771. The fourth-order valence-electron chi connectivity index (χ4n) is 11.2. The van der Waals surface area contributed by atoms with Gasteiger partial charge in [0.2, 0.25) is 0 Å². The topological polar surface area (TPSA) is 25.8 Å². The van der Waals surface area contributed by atoms with Crippen molar-refractivity contribution >= 4 is 21.5 Å². The van der Waals surface area contributed by atoms with E-state index in [-0.39, 0.29) is 0 Å². The van der Waals surface area contributed by atoms with Crippen LogP contribution in [0, 0.1) is 0 Å². The third kappa shape index (κ3) is 6.64. The van der Waals surface area contributed by atoms with E-state index in [4.69, 9.17) is 9.97 Å². The molecule has 1 aromatic heterocycles. The molecular weight excluding hydrogens is 833 g/mol. The van der Waals surface area contributed by atoms with Crippen LogP contribution in [0.15, 0.2) is 267 Å². The van der Waals surface area contributed by atoms with Gasteiger partial charge in [-0.2, -0.15) is 0 Å². The highest BCUT2D eigenvalue weighted by Gasteiger charge is 2.48. The van der Waals surface area contributed by atoms with Crippen LogP contribution in [0.5, 0.6) is 0 Å². The molecule has 13 rings (SSSR count). The van der Waals surface area contributed by atoms with Gasteiger partial charge in [0.15, 0.2) is 5.82 Å². The van der Waals surface area contributed by atoms with Crippen molar-refractivity contribution in [2.75, 3.05) is 0 Å². The monoisotopic (exact) mass is 876 g/mol. The van der Waals surface area contributed by atoms with Gasteiger partial charge in [0, 0.05) is 16.7 Å². The number of hydrogen-bond acceptors (Lipinski definition) is 2. The minimum absolute atomic E-state index is 0.540. The minimum Gasteiger partial charge on any atom is -0.228 e. The molecule has 0 unspecified atom stereocenters. The molecule has 0 amide bonds. The summed E-state index contributed by atoms with van der Waals surface area (Å²) in [5.41, 5.74) is 19.1. The van der Waals surface area contributed by atoms with E-state index in [0.717, 1.165) is 61.1 Å². The molecule has 1 aliphatic carbocycles. The maximum atomic E-state index is 5.39. The molecule has 12 aromatic rings. The van der Waals surface area contributed by atoms with Gasteiger partial charge in [-0.15, -0.1) is 0 Å². The smallest absolute Gasteiger partial charge is 0.161 e. The summed E-state index contributed by atoms with van der Waals surface area (Å²) >= 11 is 0. The summed E-state index contributed by atoms with van der Waals surface area (Å²) in [4.78, 5) is 10.7. The van der Waals surface area contributed by atoms with Gasteiger partial charge in [-0.25, -0.2) is 9.97 Å². The van der Waals surface area contributed by atoms with E-state index < -0.39 is 5.41 Å². The summed E-state index contributed by atoms with van der Waals surface area (Å²) in [6, 6.07) is 96.7. The number of nitrogens with zero attached hydrogens (tertiary/aromatic N) is 2. The van der Waals surface area contributed by atoms with E-state index in [0.29, 0.717) is 5.82 Å². The van der Waals surface area contributed by atoms with Crippen molar-refractivity contribution in [2.24, 2.45) is 0 Å². The van der Waals surface area contributed by atoms with Gasteiger partial charge < -0.3 is 0 Å². The maximum Gasteiger partial charge on any atom is 0.161 e. The van der Waals surface area contributed by atoms with Crippen LogP contribution in [-0.2, 0) is 5.41 Å². The van der Waals surface area contributed by atoms with Gasteiger partial charge in [0.1, 0.15) is 0 Å². The summed E-state index contributed by atoms with van der Waals surface area (Å²) in [5, 5.41) is 4.78. The molecule has 11 aromatic carbocycles. The standard InChI is InChI=1S/C67H44N2/c1-5-20-45(21-6-1)52-29-15-18-33-58(52)63-44-62(49-23-7-2-8-24-49)68-66(69-63)59-42-41-53(56-31-16-17-32-57(56)59)47-36-38-48(39-37-47)55-34-19-35-60-64-54-30-14-13-22-46(54)40-43-61(64)67(65(55)60,50-25-9-3-10-26-50)51-27-11-4-12-28-51/h1-44H. The Bertz CT molecular complexity index is 3820. The highest BCUT2D eigenvalue weighted by molar-refractivity contribution is 6.07. The van der Waals surface area contributed by atoms with Gasteiger partial charge in [-0.3, -0.25) is 0 Å². The van der Waals surface area contributed by atoms with Crippen molar-refractivity contribution in [3.63, 3.8) is 0 Å². The average Bonchev–Trinajstić information content (AvgIpc) is 3.75. The lowest BCUT2D eigenvalue weighted by Gasteiger charge is -2.35. The molecular formula is C67H44N2. The quantitative estimate of drug-likeness (QED) is 0.152. The first-order valence-electron chi connectivity index (χ1n) is 23.7. The predicted octanol–water partition coefficient (Wildman–Crippen LogP) is 17.1. The van der Waals surface area contributed by atoms with E-state index in [1.165, 1.54) is 55.3 Å². The van der Waals surface area contributed by atoms with E-state index in [1.807, 2.05) is 6.07 Å². The molecule has 0 atom stereocenters. The summed E-state index contributed by atoms with van der Waals surface area (Å²) in [6.45, 7) is 0. The zero-order valence-corrected chi connectivity index (χ0v) is 37.8. The number of rotatable bonds is 8. The molecule has 1 aliphatic rings. The normalized spacial score (nSPS) is 12.5. The van der Waals surface area contributed by atoms with E-state index in [1.54, 1.807) is 0 Å². The van der Waals surface area contributed by atoms with Crippen molar-refractivity contribution in [1.82, 2.24) is 9.97 Å². The summed E-state index contributed by atoms with van der Waals surface area (Å²) < 4.78 is 0. The highest BCUT2D eigenvalue weighted by Crippen LogP contribution is 2.60. The second-order valence-corrected chi connectivity index (χ2v) is 17.9. The summed E-state index contributed by atoms with van der Waals surface area (Å²) in [6.07, 6.45) is 0. The molecule has 0 spiro atoms. The molecule has 69 heavy (non-hydrogen) atoms. The van der Waals surface area contributed by atoms with Gasteiger partial charge in [0.05, 0.1) is 16.8 Å². The van der Waals surface area contributed by atoms with Crippen molar-refractivity contribution in [2.45, 2.75) is 5.41 Å². The fraction of sp³-hybridized carbons (Fsp3) is 0.0149. The molecule has 1 heterocycles. The van der Waals surface area contributed by atoms with E-state index in [9.17, 15) is 0 Å². The third-order valence-electron chi connectivity index (χ3n) is 14.2. The Labute approximate surface area is 402 Å². The number of hydrogen-bond donors (Lipinski definition) is 0. The summed E-state index contributed by atoms with van der Waals surface area (Å²) in [5.74, 6) is 0.694. The van der Waals surface area contributed by atoms with E-state index >= 15 is 0 Å². The molecule has 0 N–H and O–H groups in total. The van der Waals surface area contributed by atoms with Crippen molar-refractivity contribution < 1.29 is 0 Å². The zero-order chi connectivity index (χ0) is 45.7. The zero-order valence-electron chi connectivity index (χ0n) is 37.8. The van der Waals surface area contributed by atoms with Crippen LogP contribution in [0.25, 0.3) is 100.0 Å². The molecule has 0 bridgehead atoms. The first-order chi connectivity index (χ1) is 34.2. The first-order valence-corrected chi connectivity index (χ1v) is 23.7. The number of aromatic nitrogens is 2. The highest BCUT2D eigenvalue weighted by atomic mass is 14.9. The molecule has 2 nitrogen and oxygen atoms in total. The van der Waals surface area contributed by atoms with Crippen LogP contribution in [0.4, 0.5) is 0 Å². The first kappa shape index (κ1) is 40.3. The van der Waals surface area contributed by atoms with Gasteiger partial charge in [-0.1, -0.05) is 255 Å². The van der Waals surface area contributed by atoms with Gasteiger partial charge in [-0.05, 0) is 100 Å². The van der Waals surface area contributed by atoms with Crippen LogP contribution < -0.4 is 0 Å². The maximum absolute atomic E-state index is 5.39. The molecule has 0 saturated carbocycles. The molecule has 0 radical (unpaired) electrons. The van der Waals surface area contributed by atoms with Crippen molar-refractivity contribution in [3.8, 4) is 78.4 Å². The second-order valence-electron chi connectivity index (χ2n) is 17.9. The third-order valence-corrected chi connectivity index (χ3v) is 14.2. The largest absolute Gasteiger partial charge is 0.228 e. The number of fused-ring (bicyclic) bond motifs is 6. The Morgan fingerprint density at radius 3 is 1.43 bits per heavy atom. The molecule has 0 fully saturated rings. The summed E-state index contributed by atoms with van der Waals surface area (Å²) in [7, 11) is 0. The number of benzene rings is 11. The Balaban J connectivity index is 0.957. The fourth-order valence-corrected chi connectivity index (χ4v) is 11.2. The SMILES string of the molecule is c1ccc(-c2cc(-c3ccccc3-c3ccccc3)nc(-c3ccc(-c4ccc(-c5cccc6c5C(c5ccccc5)(c5ccccc5)c5ccc7ccccc7c5-6)cc4)c4ccccc34)n2)cc1. The Morgan fingerprint density at radius 1 is 0.275 bits per heavy atom. The predicted molar refractivity (Wildman–Crippen MR) is 287 cm³/mol. The van der Waals surface area contributed by atoms with Crippen LogP contribution >= 0.6 is 0 Å². The lowest BCUT2D eigenvalue weighted by Crippen LogP contribution is -2.29. The van der Waals surface area contributed by atoms with Gasteiger partial charge >= 0.3 is 0 Å². The van der Waals surface area contributed by atoms with Crippen LogP contribution in [0.2, 0.25) is 0 Å². The molecule has 322 valence electrons. The van der Waals surface area contributed by atoms with Crippen molar-refractivity contribution in [1.29, 1.82) is 0 Å². The van der Waals surface area contributed by atoms with Crippen molar-refractivity contribution in [3.05, 3.63) is 289 Å². The van der Waals surface area contributed by atoms with Gasteiger partial charge in [0.25, 0.3) is 0 Å². The Hall–Kier alpha value is -8.98. The van der Waals surface area contributed by atoms with Crippen LogP contribution in [-0.4, -0.2) is 9.97 Å².